The van der Waals surface area contributed by atoms with E-state index in [1.54, 1.807) is 6.92 Å². The molecule has 0 saturated carbocycles. The monoisotopic (exact) mass is 277 g/mol. The van der Waals surface area contributed by atoms with Gasteiger partial charge >= 0.3 is 5.97 Å². The summed E-state index contributed by atoms with van der Waals surface area (Å²) in [6.45, 7) is 1.58. The van der Waals surface area contributed by atoms with Crippen molar-refractivity contribution in [2.75, 3.05) is 5.01 Å². The molecular formula is C12H11N3O5. The number of nitrogens with zero attached hydrogens (tertiary/aromatic N) is 3. The lowest BCUT2D eigenvalue weighted by atomic mass is 10.0. The van der Waals surface area contributed by atoms with Gasteiger partial charge in [0.1, 0.15) is 0 Å². The highest BCUT2D eigenvalue weighted by atomic mass is 16.6. The van der Waals surface area contributed by atoms with Gasteiger partial charge in [0.2, 0.25) is 0 Å². The van der Waals surface area contributed by atoms with Gasteiger partial charge in [-0.05, 0) is 19.1 Å². The van der Waals surface area contributed by atoms with Crippen molar-refractivity contribution in [3.8, 4) is 0 Å². The largest absolute Gasteiger partial charge is 0.481 e. The molecule has 2 rings (SSSR count). The van der Waals surface area contributed by atoms with E-state index < -0.39 is 22.7 Å². The maximum atomic E-state index is 12.1. The number of hydrogen-bond donors (Lipinski definition) is 1. The van der Waals surface area contributed by atoms with Crippen LogP contribution in [0.4, 0.5) is 11.4 Å². The Kier molecular flexibility index (Phi) is 3.47. The number of anilines is 1. The number of carbonyl (C=O) groups excluding carboxylic acids is 1. The standard InChI is InChI=1S/C12H11N3O5/c1-7-10(6-11(16)17)12(18)14(13-7)8-2-4-9(5-3-8)15(19)20/h2-5,10H,6H2,1H3,(H,16,17). The van der Waals surface area contributed by atoms with Crippen LogP contribution in [0.25, 0.3) is 0 Å². The van der Waals surface area contributed by atoms with Gasteiger partial charge in [-0.3, -0.25) is 19.7 Å². The summed E-state index contributed by atoms with van der Waals surface area (Å²) < 4.78 is 0. The Morgan fingerprint density at radius 2 is 2.05 bits per heavy atom. The minimum Gasteiger partial charge on any atom is -0.481 e. The average molecular weight is 277 g/mol. The summed E-state index contributed by atoms with van der Waals surface area (Å²) in [6, 6.07) is 5.32. The Morgan fingerprint density at radius 3 is 2.55 bits per heavy atom. The Labute approximate surface area is 113 Å². The number of carbonyl (C=O) groups is 2. The Balaban J connectivity index is 2.24. The zero-order valence-electron chi connectivity index (χ0n) is 10.5. The number of hydrazone groups is 1. The molecule has 1 heterocycles. The molecule has 1 aliphatic rings. The molecule has 1 aromatic rings. The molecule has 1 aliphatic heterocycles. The van der Waals surface area contributed by atoms with E-state index in [2.05, 4.69) is 5.10 Å². The average Bonchev–Trinajstić information content (AvgIpc) is 2.66. The van der Waals surface area contributed by atoms with Crippen molar-refractivity contribution in [2.45, 2.75) is 13.3 Å². The number of amides is 1. The quantitative estimate of drug-likeness (QED) is 0.660. The fraction of sp³-hybridized carbons (Fsp3) is 0.250. The van der Waals surface area contributed by atoms with Gasteiger partial charge in [0.25, 0.3) is 11.6 Å². The molecule has 0 radical (unpaired) electrons. The predicted octanol–water partition coefficient (Wildman–Crippen LogP) is 1.41. The van der Waals surface area contributed by atoms with E-state index in [-0.39, 0.29) is 12.1 Å². The Morgan fingerprint density at radius 1 is 1.45 bits per heavy atom. The number of nitro groups is 1. The van der Waals surface area contributed by atoms with Crippen molar-refractivity contribution >= 4 is 29.0 Å². The summed E-state index contributed by atoms with van der Waals surface area (Å²) in [4.78, 5) is 32.8. The molecule has 0 fully saturated rings. The third-order valence-corrected chi connectivity index (χ3v) is 2.95. The molecule has 0 aromatic heterocycles. The van der Waals surface area contributed by atoms with E-state index >= 15 is 0 Å². The predicted molar refractivity (Wildman–Crippen MR) is 69.4 cm³/mol. The lowest BCUT2D eigenvalue weighted by molar-refractivity contribution is -0.384. The van der Waals surface area contributed by atoms with Crippen LogP contribution in [0.2, 0.25) is 0 Å². The van der Waals surface area contributed by atoms with Gasteiger partial charge in [-0.15, -0.1) is 0 Å². The fourth-order valence-corrected chi connectivity index (χ4v) is 1.91. The minimum atomic E-state index is -1.08. The molecule has 0 saturated heterocycles. The third kappa shape index (κ3) is 2.48. The number of nitro benzene ring substituents is 1. The molecule has 1 unspecified atom stereocenters. The van der Waals surface area contributed by atoms with Crippen molar-refractivity contribution in [1.82, 2.24) is 0 Å². The van der Waals surface area contributed by atoms with Crippen LogP contribution in [-0.2, 0) is 9.59 Å². The van der Waals surface area contributed by atoms with Gasteiger partial charge < -0.3 is 5.11 Å². The summed E-state index contributed by atoms with van der Waals surface area (Å²) in [5.41, 5.74) is 0.687. The summed E-state index contributed by atoms with van der Waals surface area (Å²) in [5, 5.41) is 24.4. The number of benzene rings is 1. The normalized spacial score (nSPS) is 18.1. The summed E-state index contributed by atoms with van der Waals surface area (Å²) >= 11 is 0. The maximum absolute atomic E-state index is 12.1. The molecule has 104 valence electrons. The molecule has 0 bridgehead atoms. The Hall–Kier alpha value is -2.77. The van der Waals surface area contributed by atoms with Crippen LogP contribution in [0, 0.1) is 16.0 Å². The zero-order valence-corrected chi connectivity index (χ0v) is 10.5. The van der Waals surface area contributed by atoms with Crippen molar-refractivity contribution < 1.29 is 19.6 Å². The molecule has 1 aromatic carbocycles. The molecule has 0 spiro atoms. The number of non-ortho nitro benzene ring substituents is 1. The molecule has 1 amide bonds. The minimum absolute atomic E-state index is 0.0943. The first-order valence-corrected chi connectivity index (χ1v) is 5.75. The molecule has 8 nitrogen and oxygen atoms in total. The van der Waals surface area contributed by atoms with Crippen LogP contribution < -0.4 is 5.01 Å². The number of rotatable bonds is 4. The van der Waals surface area contributed by atoms with Gasteiger partial charge in [0.05, 0.1) is 22.9 Å². The number of hydrogen-bond acceptors (Lipinski definition) is 5. The highest BCUT2D eigenvalue weighted by molar-refractivity contribution is 6.16. The lowest BCUT2D eigenvalue weighted by Crippen LogP contribution is -2.28. The number of carboxylic acids is 1. The Bertz CT molecular complexity index is 608. The second kappa shape index (κ2) is 5.08. The smallest absolute Gasteiger partial charge is 0.304 e. The van der Waals surface area contributed by atoms with E-state index in [0.29, 0.717) is 11.4 Å². The van der Waals surface area contributed by atoms with Crippen molar-refractivity contribution in [3.63, 3.8) is 0 Å². The zero-order chi connectivity index (χ0) is 14.9. The molecule has 8 heteroatoms. The van der Waals surface area contributed by atoms with Crippen molar-refractivity contribution in [1.29, 1.82) is 0 Å². The fourth-order valence-electron chi connectivity index (χ4n) is 1.91. The first-order chi connectivity index (χ1) is 9.40. The maximum Gasteiger partial charge on any atom is 0.304 e. The SMILES string of the molecule is CC1=NN(c2ccc([N+](=O)[O-])cc2)C(=O)C1CC(=O)O. The van der Waals surface area contributed by atoms with Crippen LogP contribution in [0.5, 0.6) is 0 Å². The summed E-state index contributed by atoms with van der Waals surface area (Å²) in [5.74, 6) is -2.31. The topological polar surface area (TPSA) is 113 Å². The van der Waals surface area contributed by atoms with E-state index in [1.807, 2.05) is 0 Å². The van der Waals surface area contributed by atoms with Crippen molar-refractivity contribution in [2.24, 2.45) is 11.0 Å². The van der Waals surface area contributed by atoms with E-state index in [1.165, 1.54) is 24.3 Å². The second-order valence-electron chi connectivity index (χ2n) is 4.32. The van der Waals surface area contributed by atoms with Gasteiger partial charge in [-0.2, -0.15) is 5.10 Å². The van der Waals surface area contributed by atoms with Gasteiger partial charge in [0.15, 0.2) is 0 Å². The van der Waals surface area contributed by atoms with E-state index in [4.69, 9.17) is 5.11 Å². The van der Waals surface area contributed by atoms with Crippen LogP contribution in [0.15, 0.2) is 29.4 Å². The van der Waals surface area contributed by atoms with Crippen LogP contribution in [0.3, 0.4) is 0 Å². The molecule has 1 atom stereocenters. The first kappa shape index (κ1) is 13.7. The van der Waals surface area contributed by atoms with Gasteiger partial charge in [-0.25, -0.2) is 5.01 Å². The van der Waals surface area contributed by atoms with Crippen molar-refractivity contribution in [3.05, 3.63) is 34.4 Å². The highest BCUT2D eigenvalue weighted by Crippen LogP contribution is 2.27. The van der Waals surface area contributed by atoms with Crippen LogP contribution >= 0.6 is 0 Å². The van der Waals surface area contributed by atoms with Gasteiger partial charge in [-0.1, -0.05) is 0 Å². The molecular weight excluding hydrogens is 266 g/mol. The number of carboxylic acid groups (broad SMARTS) is 1. The number of aliphatic carboxylic acids is 1. The molecule has 20 heavy (non-hydrogen) atoms. The van der Waals surface area contributed by atoms with Gasteiger partial charge in [0, 0.05) is 17.8 Å². The second-order valence-corrected chi connectivity index (χ2v) is 4.32. The third-order valence-electron chi connectivity index (χ3n) is 2.95. The molecule has 1 N–H and O–H groups in total. The van der Waals surface area contributed by atoms with E-state index in [0.717, 1.165) is 5.01 Å². The van der Waals surface area contributed by atoms with E-state index in [9.17, 15) is 19.7 Å². The molecule has 0 aliphatic carbocycles. The van der Waals surface area contributed by atoms with Crippen LogP contribution in [0.1, 0.15) is 13.3 Å². The summed E-state index contributed by atoms with van der Waals surface area (Å²) in [6.07, 6.45) is -0.322. The van der Waals surface area contributed by atoms with Crippen LogP contribution in [-0.4, -0.2) is 27.6 Å². The first-order valence-electron chi connectivity index (χ1n) is 5.75. The highest BCUT2D eigenvalue weighted by Gasteiger charge is 2.35. The summed E-state index contributed by atoms with van der Waals surface area (Å²) in [7, 11) is 0. The lowest BCUT2D eigenvalue weighted by Gasteiger charge is -2.13.